The standard InChI is InChI=1S/C17H32N2/c1-2-5-9-16(8-4-1)19-14-10-17(11-15-19)18-12-6-3-7-13-18/h16-17H,1-15H2/p+2. The molecule has 0 bridgehead atoms. The molecule has 2 saturated heterocycles. The van der Waals surface area contributed by atoms with Crippen molar-refractivity contribution in [1.82, 2.24) is 0 Å². The van der Waals surface area contributed by atoms with Crippen LogP contribution in [0.5, 0.6) is 0 Å². The average Bonchev–Trinajstić information content (AvgIpc) is 2.77. The van der Waals surface area contributed by atoms with E-state index in [0.717, 1.165) is 12.1 Å². The van der Waals surface area contributed by atoms with Crippen molar-refractivity contribution in [1.29, 1.82) is 0 Å². The van der Waals surface area contributed by atoms with E-state index >= 15 is 0 Å². The van der Waals surface area contributed by atoms with Crippen LogP contribution in [0, 0.1) is 0 Å². The van der Waals surface area contributed by atoms with E-state index < -0.39 is 0 Å². The Morgan fingerprint density at radius 2 is 0.895 bits per heavy atom. The number of rotatable bonds is 2. The van der Waals surface area contributed by atoms with Crippen LogP contribution in [0.2, 0.25) is 0 Å². The van der Waals surface area contributed by atoms with Crippen LogP contribution >= 0.6 is 0 Å². The van der Waals surface area contributed by atoms with Gasteiger partial charge >= 0.3 is 0 Å². The topological polar surface area (TPSA) is 8.88 Å². The summed E-state index contributed by atoms with van der Waals surface area (Å²) in [4.78, 5) is 3.95. The van der Waals surface area contributed by atoms with E-state index in [1.807, 2.05) is 9.80 Å². The fourth-order valence-electron chi connectivity index (χ4n) is 4.91. The molecule has 0 unspecified atom stereocenters. The van der Waals surface area contributed by atoms with Crippen molar-refractivity contribution in [3.63, 3.8) is 0 Å². The molecule has 3 rings (SSSR count). The Kier molecular flexibility index (Phi) is 5.17. The minimum atomic E-state index is 1.02. The molecule has 0 aromatic rings. The number of hydrogen-bond acceptors (Lipinski definition) is 0. The van der Waals surface area contributed by atoms with Crippen LogP contribution in [0.25, 0.3) is 0 Å². The predicted octanol–water partition coefficient (Wildman–Crippen LogP) is 0.825. The SMILES string of the molecule is C1CCCC([NH+]2CCC([NH+]3CCCCC3)CC2)CC1. The Morgan fingerprint density at radius 3 is 1.53 bits per heavy atom. The molecule has 110 valence electrons. The summed E-state index contributed by atoms with van der Waals surface area (Å²) < 4.78 is 0. The third kappa shape index (κ3) is 3.72. The monoisotopic (exact) mass is 266 g/mol. The van der Waals surface area contributed by atoms with E-state index in [0.29, 0.717) is 0 Å². The molecule has 0 atom stereocenters. The van der Waals surface area contributed by atoms with Crippen molar-refractivity contribution in [2.75, 3.05) is 26.2 Å². The van der Waals surface area contributed by atoms with Gasteiger partial charge in [-0.05, 0) is 44.9 Å². The van der Waals surface area contributed by atoms with E-state index in [9.17, 15) is 0 Å². The second-order valence-electron chi connectivity index (χ2n) is 7.34. The molecule has 2 heteroatoms. The molecule has 0 spiro atoms. The summed E-state index contributed by atoms with van der Waals surface area (Å²) in [5.74, 6) is 0. The largest absolute Gasteiger partial charge is 0.332 e. The molecule has 0 aromatic carbocycles. The summed E-state index contributed by atoms with van der Waals surface area (Å²) in [5.41, 5.74) is 0. The molecular formula is C17H34N2+2. The summed E-state index contributed by atoms with van der Waals surface area (Å²) in [6, 6.07) is 2.05. The Hall–Kier alpha value is -0.0800. The molecule has 3 aliphatic rings. The maximum absolute atomic E-state index is 1.98. The third-order valence-corrected chi connectivity index (χ3v) is 6.13. The Morgan fingerprint density at radius 1 is 0.421 bits per heavy atom. The lowest BCUT2D eigenvalue weighted by atomic mass is 9.97. The molecule has 2 nitrogen and oxygen atoms in total. The van der Waals surface area contributed by atoms with Gasteiger partial charge in [-0.1, -0.05) is 12.8 Å². The highest BCUT2D eigenvalue weighted by atomic mass is 15.2. The zero-order valence-corrected chi connectivity index (χ0v) is 12.8. The molecule has 3 fully saturated rings. The molecule has 19 heavy (non-hydrogen) atoms. The zero-order chi connectivity index (χ0) is 12.9. The summed E-state index contributed by atoms with van der Waals surface area (Å²) in [6.07, 6.45) is 16.6. The molecule has 1 aliphatic carbocycles. The van der Waals surface area contributed by atoms with Crippen LogP contribution in [-0.2, 0) is 0 Å². The number of piperidine rings is 2. The van der Waals surface area contributed by atoms with Crippen LogP contribution in [0.4, 0.5) is 0 Å². The third-order valence-electron chi connectivity index (χ3n) is 6.13. The van der Waals surface area contributed by atoms with E-state index in [1.165, 1.54) is 96.8 Å². The molecule has 0 amide bonds. The van der Waals surface area contributed by atoms with Crippen LogP contribution in [0.15, 0.2) is 0 Å². The fraction of sp³-hybridized carbons (Fsp3) is 1.00. The van der Waals surface area contributed by atoms with Crippen LogP contribution in [-0.4, -0.2) is 38.3 Å². The van der Waals surface area contributed by atoms with Crippen LogP contribution < -0.4 is 9.80 Å². The van der Waals surface area contributed by atoms with Crippen molar-refractivity contribution in [2.45, 2.75) is 82.7 Å². The first-order valence-electron chi connectivity index (χ1n) is 9.12. The smallest absolute Gasteiger partial charge is 0.0983 e. The molecule has 0 radical (unpaired) electrons. The lowest BCUT2D eigenvalue weighted by Gasteiger charge is -2.38. The second kappa shape index (κ2) is 7.08. The van der Waals surface area contributed by atoms with E-state index in [-0.39, 0.29) is 0 Å². The van der Waals surface area contributed by atoms with Gasteiger partial charge in [-0.3, -0.25) is 0 Å². The number of quaternary nitrogens is 2. The summed E-state index contributed by atoms with van der Waals surface area (Å²) in [5, 5.41) is 0. The molecule has 1 saturated carbocycles. The van der Waals surface area contributed by atoms with Gasteiger partial charge < -0.3 is 9.80 Å². The summed E-state index contributed by atoms with van der Waals surface area (Å²) in [6.45, 7) is 5.92. The van der Waals surface area contributed by atoms with Gasteiger partial charge in [0.2, 0.25) is 0 Å². The van der Waals surface area contributed by atoms with Crippen molar-refractivity contribution >= 4 is 0 Å². The second-order valence-corrected chi connectivity index (χ2v) is 7.34. The van der Waals surface area contributed by atoms with Crippen molar-refractivity contribution in [3.05, 3.63) is 0 Å². The summed E-state index contributed by atoms with van der Waals surface area (Å²) in [7, 11) is 0. The highest BCUT2D eigenvalue weighted by Crippen LogP contribution is 2.16. The first-order chi connectivity index (χ1) is 9.43. The van der Waals surface area contributed by atoms with E-state index in [4.69, 9.17) is 0 Å². The minimum absolute atomic E-state index is 1.02. The Labute approximate surface area is 119 Å². The van der Waals surface area contributed by atoms with Gasteiger partial charge in [0.25, 0.3) is 0 Å². The van der Waals surface area contributed by atoms with E-state index in [2.05, 4.69) is 0 Å². The normalized spacial score (nSPS) is 36.0. The van der Waals surface area contributed by atoms with Crippen molar-refractivity contribution in [2.24, 2.45) is 0 Å². The fourth-order valence-corrected chi connectivity index (χ4v) is 4.91. The molecular weight excluding hydrogens is 232 g/mol. The number of nitrogens with one attached hydrogen (secondary N) is 2. The van der Waals surface area contributed by atoms with Gasteiger partial charge in [0.05, 0.1) is 38.3 Å². The molecule has 2 aliphatic heterocycles. The molecule has 2 heterocycles. The van der Waals surface area contributed by atoms with Gasteiger partial charge in [0.15, 0.2) is 0 Å². The minimum Gasteiger partial charge on any atom is -0.332 e. The summed E-state index contributed by atoms with van der Waals surface area (Å²) >= 11 is 0. The van der Waals surface area contributed by atoms with Crippen LogP contribution in [0.3, 0.4) is 0 Å². The maximum atomic E-state index is 1.98. The quantitative estimate of drug-likeness (QED) is 0.685. The van der Waals surface area contributed by atoms with Crippen molar-refractivity contribution in [3.8, 4) is 0 Å². The average molecular weight is 266 g/mol. The highest BCUT2D eigenvalue weighted by Gasteiger charge is 2.33. The first-order valence-corrected chi connectivity index (χ1v) is 9.12. The van der Waals surface area contributed by atoms with Crippen LogP contribution in [0.1, 0.15) is 70.6 Å². The van der Waals surface area contributed by atoms with Gasteiger partial charge in [-0.15, -0.1) is 0 Å². The van der Waals surface area contributed by atoms with E-state index in [1.54, 1.807) is 0 Å². The highest BCUT2D eigenvalue weighted by molar-refractivity contribution is 4.67. The molecule has 0 aromatic heterocycles. The number of likely N-dealkylation sites (tertiary alicyclic amines) is 2. The van der Waals surface area contributed by atoms with Crippen molar-refractivity contribution < 1.29 is 9.80 Å². The van der Waals surface area contributed by atoms with Gasteiger partial charge in [0, 0.05) is 12.8 Å². The first kappa shape index (κ1) is 13.9. The number of hydrogen-bond donors (Lipinski definition) is 2. The molecule has 2 N–H and O–H groups in total. The zero-order valence-electron chi connectivity index (χ0n) is 12.8. The Balaban J connectivity index is 1.45. The van der Waals surface area contributed by atoms with Gasteiger partial charge in [-0.25, -0.2) is 0 Å². The lowest BCUT2D eigenvalue weighted by Crippen LogP contribution is -3.22. The van der Waals surface area contributed by atoms with Gasteiger partial charge in [0.1, 0.15) is 0 Å². The maximum Gasteiger partial charge on any atom is 0.0983 e. The van der Waals surface area contributed by atoms with Gasteiger partial charge in [-0.2, -0.15) is 0 Å². The predicted molar refractivity (Wildman–Crippen MR) is 79.8 cm³/mol. The Bertz CT molecular complexity index is 244. The lowest BCUT2D eigenvalue weighted by molar-refractivity contribution is -0.970.